The Balaban J connectivity index is 2.01. The molecule has 0 aliphatic heterocycles. The van der Waals surface area contributed by atoms with E-state index in [2.05, 4.69) is 4.98 Å². The molecule has 0 unspecified atom stereocenters. The summed E-state index contributed by atoms with van der Waals surface area (Å²) >= 11 is 7.69. The van der Waals surface area contributed by atoms with Gasteiger partial charge in [0.15, 0.2) is 0 Å². The minimum atomic E-state index is 0.452. The van der Waals surface area contributed by atoms with Gasteiger partial charge in [-0.25, -0.2) is 4.98 Å². The van der Waals surface area contributed by atoms with E-state index in [1.807, 2.05) is 23.6 Å². The lowest BCUT2D eigenvalue weighted by molar-refractivity contribution is 0.305. The first-order valence-electron chi connectivity index (χ1n) is 5.29. The Morgan fingerprint density at radius 3 is 2.94 bits per heavy atom. The molecule has 17 heavy (non-hydrogen) atoms. The van der Waals surface area contributed by atoms with Crippen LogP contribution in [0.5, 0.6) is 5.75 Å². The van der Waals surface area contributed by atoms with Gasteiger partial charge in [-0.2, -0.15) is 0 Å². The van der Waals surface area contributed by atoms with Crippen molar-refractivity contribution in [3.05, 3.63) is 45.4 Å². The van der Waals surface area contributed by atoms with Crippen molar-refractivity contribution in [1.29, 1.82) is 0 Å². The van der Waals surface area contributed by atoms with Crippen LogP contribution in [0.25, 0.3) is 0 Å². The molecule has 5 heteroatoms. The average molecular weight is 269 g/mol. The van der Waals surface area contributed by atoms with E-state index in [1.54, 1.807) is 17.5 Å². The van der Waals surface area contributed by atoms with E-state index < -0.39 is 0 Å². The molecule has 2 aromatic rings. The Bertz CT molecular complexity index is 473. The topological polar surface area (TPSA) is 48.1 Å². The Morgan fingerprint density at radius 1 is 1.41 bits per heavy atom. The molecule has 0 spiro atoms. The highest BCUT2D eigenvalue weighted by Crippen LogP contribution is 2.26. The second kappa shape index (κ2) is 6.00. The molecule has 0 aliphatic carbocycles. The SMILES string of the molecule is NCCc1ccc(OCc2nccs2)c(Cl)c1. The monoisotopic (exact) mass is 268 g/mol. The van der Waals surface area contributed by atoms with E-state index in [1.165, 1.54) is 0 Å². The summed E-state index contributed by atoms with van der Waals surface area (Å²) in [7, 11) is 0. The van der Waals surface area contributed by atoms with E-state index in [0.717, 1.165) is 17.0 Å². The van der Waals surface area contributed by atoms with Crippen LogP contribution in [0.3, 0.4) is 0 Å². The summed E-state index contributed by atoms with van der Waals surface area (Å²) in [6.45, 7) is 1.07. The van der Waals surface area contributed by atoms with E-state index >= 15 is 0 Å². The number of benzene rings is 1. The lowest BCUT2D eigenvalue weighted by atomic mass is 10.1. The standard InChI is InChI=1S/C12H13ClN2OS/c13-10-7-9(3-4-14)1-2-11(10)16-8-12-15-5-6-17-12/h1-2,5-7H,3-4,8,14H2. The number of nitrogens with zero attached hydrogens (tertiary/aromatic N) is 1. The van der Waals surface area contributed by atoms with E-state index in [4.69, 9.17) is 22.1 Å². The fourth-order valence-corrected chi connectivity index (χ4v) is 2.23. The van der Waals surface area contributed by atoms with E-state index in [9.17, 15) is 0 Å². The van der Waals surface area contributed by atoms with Crippen LogP contribution in [0.4, 0.5) is 0 Å². The van der Waals surface area contributed by atoms with Crippen molar-refractivity contribution >= 4 is 22.9 Å². The second-order valence-corrected chi connectivity index (χ2v) is 4.90. The van der Waals surface area contributed by atoms with Crippen LogP contribution in [0.15, 0.2) is 29.8 Å². The predicted octanol–water partition coefficient (Wildman–Crippen LogP) is 2.88. The third-order valence-corrected chi connectivity index (χ3v) is 3.31. The number of halogens is 1. The van der Waals surface area contributed by atoms with Gasteiger partial charge in [0, 0.05) is 11.6 Å². The maximum Gasteiger partial charge on any atom is 0.140 e. The molecule has 3 nitrogen and oxygen atoms in total. The molecular weight excluding hydrogens is 256 g/mol. The van der Waals surface area contributed by atoms with Crippen molar-refractivity contribution in [3.8, 4) is 5.75 Å². The van der Waals surface area contributed by atoms with Crippen LogP contribution in [-0.2, 0) is 13.0 Å². The molecule has 0 saturated heterocycles. The first kappa shape index (κ1) is 12.4. The van der Waals surface area contributed by atoms with Crippen molar-refractivity contribution in [1.82, 2.24) is 4.98 Å². The van der Waals surface area contributed by atoms with Crippen LogP contribution in [0.2, 0.25) is 5.02 Å². The third kappa shape index (κ3) is 3.43. The molecule has 2 rings (SSSR count). The van der Waals surface area contributed by atoms with Gasteiger partial charge in [-0.3, -0.25) is 0 Å². The number of aromatic nitrogens is 1. The molecule has 0 saturated carbocycles. The van der Waals surface area contributed by atoms with Crippen molar-refractivity contribution in [3.63, 3.8) is 0 Å². The van der Waals surface area contributed by atoms with Crippen molar-refractivity contribution in [2.45, 2.75) is 13.0 Å². The normalized spacial score (nSPS) is 10.5. The molecule has 0 atom stereocenters. The number of hydrogen-bond acceptors (Lipinski definition) is 4. The predicted molar refractivity (Wildman–Crippen MR) is 70.7 cm³/mol. The minimum absolute atomic E-state index is 0.452. The molecule has 90 valence electrons. The highest BCUT2D eigenvalue weighted by atomic mass is 35.5. The molecule has 0 amide bonds. The lowest BCUT2D eigenvalue weighted by Crippen LogP contribution is -2.03. The van der Waals surface area contributed by atoms with Crippen LogP contribution >= 0.6 is 22.9 Å². The summed E-state index contributed by atoms with van der Waals surface area (Å²) in [6.07, 6.45) is 2.59. The highest BCUT2D eigenvalue weighted by Gasteiger charge is 2.04. The summed E-state index contributed by atoms with van der Waals surface area (Å²) in [5.74, 6) is 0.683. The maximum atomic E-state index is 6.12. The van der Waals surface area contributed by atoms with Crippen LogP contribution in [0, 0.1) is 0 Å². The first-order chi connectivity index (χ1) is 8.29. The van der Waals surface area contributed by atoms with Gasteiger partial charge in [0.1, 0.15) is 17.4 Å². The number of ether oxygens (including phenoxy) is 1. The Morgan fingerprint density at radius 2 is 2.29 bits per heavy atom. The third-order valence-electron chi connectivity index (χ3n) is 2.26. The summed E-state index contributed by atoms with van der Waals surface area (Å²) in [5, 5.41) is 3.48. The maximum absolute atomic E-state index is 6.12. The Labute approximate surface area is 109 Å². The average Bonchev–Trinajstić information content (AvgIpc) is 2.81. The van der Waals surface area contributed by atoms with Crippen molar-refractivity contribution < 1.29 is 4.74 Å². The molecule has 0 aliphatic rings. The summed E-state index contributed by atoms with van der Waals surface area (Å²) in [6, 6.07) is 5.75. The minimum Gasteiger partial charge on any atom is -0.485 e. The summed E-state index contributed by atoms with van der Waals surface area (Å²) in [5.41, 5.74) is 6.61. The smallest absolute Gasteiger partial charge is 0.140 e. The lowest BCUT2D eigenvalue weighted by Gasteiger charge is -2.07. The molecule has 1 aromatic heterocycles. The van der Waals surface area contributed by atoms with Crippen LogP contribution < -0.4 is 10.5 Å². The summed E-state index contributed by atoms with van der Waals surface area (Å²) in [4.78, 5) is 4.14. The second-order valence-electron chi connectivity index (χ2n) is 3.52. The molecule has 0 fully saturated rings. The van der Waals surface area contributed by atoms with Gasteiger partial charge < -0.3 is 10.5 Å². The van der Waals surface area contributed by atoms with Crippen LogP contribution in [-0.4, -0.2) is 11.5 Å². The van der Waals surface area contributed by atoms with Gasteiger partial charge in [0.25, 0.3) is 0 Å². The van der Waals surface area contributed by atoms with Crippen molar-refractivity contribution in [2.75, 3.05) is 6.54 Å². The fraction of sp³-hybridized carbons (Fsp3) is 0.250. The zero-order chi connectivity index (χ0) is 12.1. The molecular formula is C12H13ClN2OS. The Kier molecular flexibility index (Phi) is 4.36. The molecule has 0 bridgehead atoms. The van der Waals surface area contributed by atoms with Crippen LogP contribution in [0.1, 0.15) is 10.6 Å². The zero-order valence-corrected chi connectivity index (χ0v) is 10.8. The van der Waals surface area contributed by atoms with Gasteiger partial charge in [0.05, 0.1) is 5.02 Å². The van der Waals surface area contributed by atoms with E-state index in [0.29, 0.717) is 23.9 Å². The van der Waals surface area contributed by atoms with Crippen molar-refractivity contribution in [2.24, 2.45) is 5.73 Å². The number of rotatable bonds is 5. The quantitative estimate of drug-likeness (QED) is 0.907. The molecule has 1 heterocycles. The first-order valence-corrected chi connectivity index (χ1v) is 6.55. The summed E-state index contributed by atoms with van der Waals surface area (Å²) < 4.78 is 5.60. The van der Waals surface area contributed by atoms with Gasteiger partial charge in [-0.15, -0.1) is 11.3 Å². The van der Waals surface area contributed by atoms with Gasteiger partial charge in [-0.1, -0.05) is 17.7 Å². The van der Waals surface area contributed by atoms with Gasteiger partial charge in [0.2, 0.25) is 0 Å². The number of thiazole rings is 1. The molecule has 0 radical (unpaired) electrons. The van der Waals surface area contributed by atoms with Gasteiger partial charge in [-0.05, 0) is 30.7 Å². The number of hydrogen-bond donors (Lipinski definition) is 1. The molecule has 1 aromatic carbocycles. The largest absolute Gasteiger partial charge is 0.485 e. The fourth-order valence-electron chi connectivity index (χ4n) is 1.45. The number of nitrogens with two attached hydrogens (primary N) is 1. The molecule has 2 N–H and O–H groups in total. The highest BCUT2D eigenvalue weighted by molar-refractivity contribution is 7.09. The van der Waals surface area contributed by atoms with Gasteiger partial charge >= 0.3 is 0 Å². The Hall–Kier alpha value is -1.10. The van der Waals surface area contributed by atoms with E-state index in [-0.39, 0.29) is 0 Å². The zero-order valence-electron chi connectivity index (χ0n) is 9.23.